The van der Waals surface area contributed by atoms with E-state index in [2.05, 4.69) is 48.1 Å². The van der Waals surface area contributed by atoms with Crippen molar-refractivity contribution in [1.29, 1.82) is 0 Å². The van der Waals surface area contributed by atoms with E-state index in [4.69, 9.17) is 0 Å². The number of hydrogen-bond acceptors (Lipinski definition) is 3. The van der Waals surface area contributed by atoms with Gasteiger partial charge < -0.3 is 10.2 Å². The molecule has 18 heavy (non-hydrogen) atoms. The van der Waals surface area contributed by atoms with Gasteiger partial charge in [-0.25, -0.2) is 0 Å². The zero-order chi connectivity index (χ0) is 13.4. The second-order valence-electron chi connectivity index (χ2n) is 4.62. The Morgan fingerprint density at radius 2 is 2.06 bits per heavy atom. The monoisotopic (exact) mass is 249 g/mol. The first-order valence-electron chi connectivity index (χ1n) is 7.14. The Morgan fingerprint density at radius 3 is 2.50 bits per heavy atom. The molecule has 0 aromatic carbocycles. The van der Waals surface area contributed by atoms with Crippen molar-refractivity contribution in [2.75, 3.05) is 25.0 Å². The molecule has 0 saturated carbocycles. The summed E-state index contributed by atoms with van der Waals surface area (Å²) >= 11 is 0. The van der Waals surface area contributed by atoms with Crippen molar-refractivity contribution in [3.05, 3.63) is 24.0 Å². The van der Waals surface area contributed by atoms with Crippen LogP contribution in [-0.4, -0.2) is 25.1 Å². The normalized spacial score (nSPS) is 12.4. The zero-order valence-corrected chi connectivity index (χ0v) is 12.2. The van der Waals surface area contributed by atoms with Crippen molar-refractivity contribution in [3.8, 4) is 0 Å². The van der Waals surface area contributed by atoms with Gasteiger partial charge in [-0.1, -0.05) is 20.3 Å². The van der Waals surface area contributed by atoms with Crippen LogP contribution in [0, 0.1) is 0 Å². The molecule has 0 fully saturated rings. The molecule has 0 amide bonds. The van der Waals surface area contributed by atoms with Crippen LogP contribution in [0.3, 0.4) is 0 Å². The summed E-state index contributed by atoms with van der Waals surface area (Å²) in [5.41, 5.74) is 2.37. The number of hydrogen-bond donors (Lipinski definition) is 1. The fourth-order valence-electron chi connectivity index (χ4n) is 2.17. The van der Waals surface area contributed by atoms with Crippen molar-refractivity contribution < 1.29 is 0 Å². The van der Waals surface area contributed by atoms with Gasteiger partial charge in [0.05, 0.1) is 17.6 Å². The lowest BCUT2D eigenvalue weighted by Gasteiger charge is -2.23. The van der Waals surface area contributed by atoms with Gasteiger partial charge in [-0.3, -0.25) is 4.98 Å². The van der Waals surface area contributed by atoms with Gasteiger partial charge in [0.15, 0.2) is 0 Å². The van der Waals surface area contributed by atoms with Crippen LogP contribution < -0.4 is 10.2 Å². The molecular weight excluding hydrogens is 222 g/mol. The quantitative estimate of drug-likeness (QED) is 0.765. The van der Waals surface area contributed by atoms with Gasteiger partial charge in [0.2, 0.25) is 0 Å². The van der Waals surface area contributed by atoms with E-state index >= 15 is 0 Å². The van der Waals surface area contributed by atoms with Crippen LogP contribution in [0.1, 0.15) is 51.8 Å². The molecule has 0 aliphatic carbocycles. The molecule has 1 heterocycles. The molecule has 3 nitrogen and oxygen atoms in total. The van der Waals surface area contributed by atoms with E-state index in [1.165, 1.54) is 18.5 Å². The maximum atomic E-state index is 4.59. The first-order chi connectivity index (χ1) is 8.76. The molecule has 1 aromatic heterocycles. The highest BCUT2D eigenvalue weighted by molar-refractivity contribution is 5.44. The summed E-state index contributed by atoms with van der Waals surface area (Å²) in [5.74, 6) is 0. The van der Waals surface area contributed by atoms with Crippen molar-refractivity contribution in [2.45, 2.75) is 46.1 Å². The summed E-state index contributed by atoms with van der Waals surface area (Å²) in [4.78, 5) is 6.98. The van der Waals surface area contributed by atoms with Crippen molar-refractivity contribution in [1.82, 2.24) is 10.3 Å². The molecule has 102 valence electrons. The number of anilines is 1. The number of aromatic nitrogens is 1. The molecule has 1 N–H and O–H groups in total. The Kier molecular flexibility index (Phi) is 6.73. The lowest BCUT2D eigenvalue weighted by atomic mass is 10.1. The third-order valence-electron chi connectivity index (χ3n) is 3.41. The molecule has 0 spiro atoms. The minimum atomic E-state index is 0.366. The van der Waals surface area contributed by atoms with Crippen LogP contribution >= 0.6 is 0 Å². The molecular formula is C15H27N3. The van der Waals surface area contributed by atoms with Gasteiger partial charge in [0.25, 0.3) is 0 Å². The van der Waals surface area contributed by atoms with E-state index in [1.807, 2.05) is 13.2 Å². The Hall–Kier alpha value is -1.09. The maximum absolute atomic E-state index is 4.59. The molecule has 1 rings (SSSR count). The third kappa shape index (κ3) is 3.98. The average Bonchev–Trinajstić information content (AvgIpc) is 2.42. The highest BCUT2D eigenvalue weighted by Crippen LogP contribution is 2.18. The predicted molar refractivity (Wildman–Crippen MR) is 79.1 cm³/mol. The summed E-state index contributed by atoms with van der Waals surface area (Å²) in [6.07, 6.45) is 5.55. The highest BCUT2D eigenvalue weighted by atomic mass is 15.1. The third-order valence-corrected chi connectivity index (χ3v) is 3.41. The van der Waals surface area contributed by atoms with E-state index in [0.717, 1.165) is 25.2 Å². The summed E-state index contributed by atoms with van der Waals surface area (Å²) in [7, 11) is 1.99. The molecule has 3 heteroatoms. The SMILES string of the molecule is CCCCN(CC)c1ccc(C(CC)NC)nc1. The van der Waals surface area contributed by atoms with Gasteiger partial charge in [0.1, 0.15) is 0 Å². The lowest BCUT2D eigenvalue weighted by Crippen LogP contribution is -2.24. The van der Waals surface area contributed by atoms with Gasteiger partial charge in [-0.15, -0.1) is 0 Å². The van der Waals surface area contributed by atoms with Crippen molar-refractivity contribution >= 4 is 5.69 Å². The van der Waals surface area contributed by atoms with Gasteiger partial charge >= 0.3 is 0 Å². The van der Waals surface area contributed by atoms with Crippen LogP contribution in [-0.2, 0) is 0 Å². The first-order valence-corrected chi connectivity index (χ1v) is 7.14. The molecule has 0 saturated heterocycles. The Balaban J connectivity index is 2.73. The summed E-state index contributed by atoms with van der Waals surface area (Å²) < 4.78 is 0. The molecule has 0 radical (unpaired) electrons. The van der Waals surface area contributed by atoms with Crippen molar-refractivity contribution in [2.24, 2.45) is 0 Å². The fourth-order valence-corrected chi connectivity index (χ4v) is 2.17. The van der Waals surface area contributed by atoms with Crippen LogP contribution in [0.5, 0.6) is 0 Å². The molecule has 1 atom stereocenters. The van der Waals surface area contributed by atoms with Crippen molar-refractivity contribution in [3.63, 3.8) is 0 Å². The highest BCUT2D eigenvalue weighted by Gasteiger charge is 2.09. The number of nitrogens with one attached hydrogen (secondary N) is 1. The molecule has 1 aromatic rings. The first kappa shape index (κ1) is 15.0. The zero-order valence-electron chi connectivity index (χ0n) is 12.2. The number of rotatable bonds is 8. The average molecular weight is 249 g/mol. The van der Waals surface area contributed by atoms with Crippen LogP contribution in [0.2, 0.25) is 0 Å². The van der Waals surface area contributed by atoms with E-state index in [9.17, 15) is 0 Å². The topological polar surface area (TPSA) is 28.2 Å². The van der Waals surface area contributed by atoms with Gasteiger partial charge in [-0.2, -0.15) is 0 Å². The Morgan fingerprint density at radius 1 is 1.28 bits per heavy atom. The minimum Gasteiger partial charge on any atom is -0.371 e. The van der Waals surface area contributed by atoms with E-state index < -0.39 is 0 Å². The maximum Gasteiger partial charge on any atom is 0.0574 e. The fraction of sp³-hybridized carbons (Fsp3) is 0.667. The lowest BCUT2D eigenvalue weighted by molar-refractivity contribution is 0.561. The number of pyridine rings is 1. The van der Waals surface area contributed by atoms with E-state index in [-0.39, 0.29) is 0 Å². The van der Waals surface area contributed by atoms with Crippen LogP contribution in [0.25, 0.3) is 0 Å². The van der Waals surface area contributed by atoms with Gasteiger partial charge in [0, 0.05) is 19.1 Å². The Labute approximate surface area is 112 Å². The summed E-state index contributed by atoms with van der Waals surface area (Å²) in [6.45, 7) is 8.78. The van der Waals surface area contributed by atoms with E-state index in [1.54, 1.807) is 0 Å². The van der Waals surface area contributed by atoms with Gasteiger partial charge in [-0.05, 0) is 38.9 Å². The molecule has 1 unspecified atom stereocenters. The summed E-state index contributed by atoms with van der Waals surface area (Å²) in [6, 6.07) is 4.71. The van der Waals surface area contributed by atoms with Crippen LogP contribution in [0.15, 0.2) is 18.3 Å². The second kappa shape index (κ2) is 8.09. The van der Waals surface area contributed by atoms with E-state index in [0.29, 0.717) is 6.04 Å². The molecule has 0 bridgehead atoms. The standard InChI is InChI=1S/C15H27N3/c1-5-8-11-18(7-3)13-9-10-15(17-12-13)14(6-2)16-4/h9-10,12,14,16H,5-8,11H2,1-4H3. The largest absolute Gasteiger partial charge is 0.371 e. The second-order valence-corrected chi connectivity index (χ2v) is 4.62. The van der Waals surface area contributed by atoms with Crippen LogP contribution in [0.4, 0.5) is 5.69 Å². The number of unbranched alkanes of at least 4 members (excludes halogenated alkanes) is 1. The molecule has 0 aliphatic heterocycles. The minimum absolute atomic E-state index is 0.366. The molecule has 0 aliphatic rings. The smallest absolute Gasteiger partial charge is 0.0574 e. The number of nitrogens with zero attached hydrogens (tertiary/aromatic N) is 2. The predicted octanol–water partition coefficient (Wildman–Crippen LogP) is 3.38. The Bertz CT molecular complexity index is 317. The summed E-state index contributed by atoms with van der Waals surface area (Å²) in [5, 5.41) is 3.29.